The number of nitrogens with two attached hydrogens (primary N) is 1. The predicted molar refractivity (Wildman–Crippen MR) is 45.0 cm³/mol. The van der Waals surface area contributed by atoms with Crippen molar-refractivity contribution < 1.29 is 26.7 Å². The van der Waals surface area contributed by atoms with Crippen molar-refractivity contribution in [3.05, 3.63) is 17.3 Å². The van der Waals surface area contributed by atoms with Crippen LogP contribution in [0.5, 0.6) is 5.75 Å². The van der Waals surface area contributed by atoms with Gasteiger partial charge in [0.05, 0.1) is 0 Å². The van der Waals surface area contributed by atoms with Gasteiger partial charge in [-0.25, -0.2) is 13.8 Å². The predicted octanol–water partition coefficient (Wildman–Crippen LogP) is 2.81. The molecule has 0 aliphatic rings. The van der Waals surface area contributed by atoms with Gasteiger partial charge in [-0.2, -0.15) is 0 Å². The third-order valence-electron chi connectivity index (χ3n) is 1.65. The summed E-state index contributed by atoms with van der Waals surface area (Å²) in [6, 6.07) is 0.794. The molecule has 0 aliphatic heterocycles. The number of alkyl halides is 5. The van der Waals surface area contributed by atoms with Crippen molar-refractivity contribution in [3.63, 3.8) is 0 Å². The standard InChI is InChI=1S/C8H7F5N2O/c1-3-2-4(6(9)10)15-7(14)5(3)16-8(11,12)13/h2,6H,1H3,(H2,14,15). The molecule has 8 heteroatoms. The smallest absolute Gasteiger partial charge is 0.402 e. The lowest BCUT2D eigenvalue weighted by atomic mass is 10.2. The van der Waals surface area contributed by atoms with Crippen LogP contribution in [0.4, 0.5) is 27.8 Å². The summed E-state index contributed by atoms with van der Waals surface area (Å²) < 4.78 is 63.7. The molecule has 1 aromatic rings. The van der Waals surface area contributed by atoms with Gasteiger partial charge < -0.3 is 10.5 Å². The summed E-state index contributed by atoms with van der Waals surface area (Å²) in [5.74, 6) is -1.47. The second kappa shape index (κ2) is 4.11. The topological polar surface area (TPSA) is 48.1 Å². The van der Waals surface area contributed by atoms with Gasteiger partial charge in [-0.1, -0.05) is 0 Å². The first-order chi connectivity index (χ1) is 7.20. The van der Waals surface area contributed by atoms with Crippen LogP contribution in [0.3, 0.4) is 0 Å². The number of hydrogen-bond acceptors (Lipinski definition) is 3. The number of hydrogen-bond donors (Lipinski definition) is 1. The van der Waals surface area contributed by atoms with Crippen LogP contribution in [0.15, 0.2) is 6.07 Å². The number of halogens is 5. The molecule has 90 valence electrons. The molecule has 0 bridgehead atoms. The maximum atomic E-state index is 12.2. The van der Waals surface area contributed by atoms with Gasteiger partial charge in [-0.15, -0.1) is 13.2 Å². The highest BCUT2D eigenvalue weighted by Crippen LogP contribution is 2.32. The van der Waals surface area contributed by atoms with E-state index in [9.17, 15) is 22.0 Å². The van der Waals surface area contributed by atoms with Crippen molar-refractivity contribution in [1.82, 2.24) is 4.98 Å². The van der Waals surface area contributed by atoms with Gasteiger partial charge in [0.2, 0.25) is 0 Å². The lowest BCUT2D eigenvalue weighted by Gasteiger charge is -2.13. The van der Waals surface area contributed by atoms with Gasteiger partial charge in [-0.05, 0) is 18.6 Å². The van der Waals surface area contributed by atoms with Crippen molar-refractivity contribution in [1.29, 1.82) is 0 Å². The maximum Gasteiger partial charge on any atom is 0.573 e. The molecular weight excluding hydrogens is 235 g/mol. The Hall–Kier alpha value is -1.60. The molecule has 0 spiro atoms. The highest BCUT2D eigenvalue weighted by atomic mass is 19.4. The molecule has 0 fully saturated rings. The van der Waals surface area contributed by atoms with Crippen LogP contribution in [-0.4, -0.2) is 11.3 Å². The molecule has 2 N–H and O–H groups in total. The summed E-state index contributed by atoms with van der Waals surface area (Å²) in [6.45, 7) is 1.17. The Morgan fingerprint density at radius 1 is 1.38 bits per heavy atom. The Balaban J connectivity index is 3.13. The molecule has 0 aromatic carbocycles. The monoisotopic (exact) mass is 242 g/mol. The third-order valence-corrected chi connectivity index (χ3v) is 1.65. The summed E-state index contributed by atoms with van der Waals surface area (Å²) in [4.78, 5) is 3.12. The van der Waals surface area contributed by atoms with E-state index in [-0.39, 0.29) is 5.56 Å². The summed E-state index contributed by atoms with van der Waals surface area (Å²) >= 11 is 0. The van der Waals surface area contributed by atoms with Crippen molar-refractivity contribution in [3.8, 4) is 5.75 Å². The van der Waals surface area contributed by atoms with E-state index in [1.807, 2.05) is 0 Å². The Morgan fingerprint density at radius 2 is 1.94 bits per heavy atom. The maximum absolute atomic E-state index is 12.2. The number of nitrogen functional groups attached to an aromatic ring is 1. The van der Waals surface area contributed by atoms with Gasteiger partial charge in [-0.3, -0.25) is 0 Å². The van der Waals surface area contributed by atoms with E-state index >= 15 is 0 Å². The van der Waals surface area contributed by atoms with Gasteiger partial charge >= 0.3 is 6.36 Å². The van der Waals surface area contributed by atoms with Gasteiger partial charge in [0.15, 0.2) is 11.6 Å². The van der Waals surface area contributed by atoms with E-state index < -0.39 is 30.0 Å². The van der Waals surface area contributed by atoms with Crippen molar-refractivity contribution >= 4 is 5.82 Å². The van der Waals surface area contributed by atoms with Crippen molar-refractivity contribution in [2.24, 2.45) is 0 Å². The molecule has 16 heavy (non-hydrogen) atoms. The second-order valence-electron chi connectivity index (χ2n) is 2.93. The fourth-order valence-corrected chi connectivity index (χ4v) is 1.07. The van der Waals surface area contributed by atoms with E-state index in [2.05, 4.69) is 9.72 Å². The highest BCUT2D eigenvalue weighted by molar-refractivity contribution is 5.52. The average Bonchev–Trinajstić information content (AvgIpc) is 2.09. The summed E-state index contributed by atoms with van der Waals surface area (Å²) in [5, 5.41) is 0. The normalized spacial score (nSPS) is 11.9. The van der Waals surface area contributed by atoms with Gasteiger partial charge in [0.1, 0.15) is 5.69 Å². The second-order valence-corrected chi connectivity index (χ2v) is 2.93. The minimum atomic E-state index is -4.94. The highest BCUT2D eigenvalue weighted by Gasteiger charge is 2.33. The van der Waals surface area contributed by atoms with Crippen LogP contribution in [0, 0.1) is 6.92 Å². The Kier molecular flexibility index (Phi) is 3.20. The number of anilines is 1. The largest absolute Gasteiger partial charge is 0.573 e. The van der Waals surface area contributed by atoms with Gasteiger partial charge in [0, 0.05) is 0 Å². The fraction of sp³-hybridized carbons (Fsp3) is 0.375. The Morgan fingerprint density at radius 3 is 2.31 bits per heavy atom. The summed E-state index contributed by atoms with van der Waals surface area (Å²) in [7, 11) is 0. The number of aryl methyl sites for hydroxylation is 1. The number of rotatable bonds is 2. The summed E-state index contributed by atoms with van der Waals surface area (Å²) in [6.07, 6.45) is -7.84. The molecule has 0 aliphatic carbocycles. The lowest BCUT2D eigenvalue weighted by Crippen LogP contribution is -2.19. The molecule has 1 aromatic heterocycles. The van der Waals surface area contributed by atoms with Crippen LogP contribution in [0.25, 0.3) is 0 Å². The quantitative estimate of drug-likeness (QED) is 0.811. The Bertz CT molecular complexity index is 368. The zero-order valence-corrected chi connectivity index (χ0v) is 7.98. The third kappa shape index (κ3) is 2.94. The number of ether oxygens (including phenoxy) is 1. The zero-order valence-electron chi connectivity index (χ0n) is 7.98. The number of pyridine rings is 1. The molecule has 0 saturated heterocycles. The van der Waals surface area contributed by atoms with E-state index in [1.165, 1.54) is 6.92 Å². The summed E-state index contributed by atoms with van der Waals surface area (Å²) in [5.41, 5.74) is 4.25. The van der Waals surface area contributed by atoms with E-state index in [0.717, 1.165) is 6.07 Å². The molecule has 1 heterocycles. The van der Waals surface area contributed by atoms with Crippen LogP contribution < -0.4 is 10.5 Å². The molecule has 0 saturated carbocycles. The fourth-order valence-electron chi connectivity index (χ4n) is 1.07. The van der Waals surface area contributed by atoms with Crippen LogP contribution in [-0.2, 0) is 0 Å². The number of nitrogens with zero attached hydrogens (tertiary/aromatic N) is 1. The molecule has 0 unspecified atom stereocenters. The first-order valence-electron chi connectivity index (χ1n) is 4.01. The Labute approximate surface area is 87.0 Å². The molecule has 1 rings (SSSR count). The van der Waals surface area contributed by atoms with Gasteiger partial charge in [0.25, 0.3) is 6.43 Å². The number of aromatic nitrogens is 1. The SMILES string of the molecule is Cc1cc(C(F)F)nc(N)c1OC(F)(F)F. The molecule has 0 amide bonds. The van der Waals surface area contributed by atoms with E-state index in [0.29, 0.717) is 0 Å². The first-order valence-corrected chi connectivity index (χ1v) is 4.01. The van der Waals surface area contributed by atoms with Crippen molar-refractivity contribution in [2.45, 2.75) is 19.7 Å². The van der Waals surface area contributed by atoms with Crippen molar-refractivity contribution in [2.75, 3.05) is 5.73 Å². The minimum Gasteiger partial charge on any atom is -0.402 e. The molecule has 0 radical (unpaired) electrons. The average molecular weight is 242 g/mol. The molecule has 0 atom stereocenters. The lowest BCUT2D eigenvalue weighted by molar-refractivity contribution is -0.274. The molecule has 3 nitrogen and oxygen atoms in total. The van der Waals surface area contributed by atoms with Crippen LogP contribution >= 0.6 is 0 Å². The molecular formula is C8H7F5N2O. The van der Waals surface area contributed by atoms with E-state index in [4.69, 9.17) is 5.73 Å². The van der Waals surface area contributed by atoms with Crippen LogP contribution in [0.2, 0.25) is 0 Å². The van der Waals surface area contributed by atoms with Crippen LogP contribution in [0.1, 0.15) is 17.7 Å². The van der Waals surface area contributed by atoms with E-state index in [1.54, 1.807) is 0 Å². The zero-order chi connectivity index (χ0) is 12.5. The first kappa shape index (κ1) is 12.5. The minimum absolute atomic E-state index is 0.153.